The van der Waals surface area contributed by atoms with Crippen molar-refractivity contribution in [2.45, 2.75) is 52.2 Å². The second kappa shape index (κ2) is 8.23. The van der Waals surface area contributed by atoms with Crippen LogP contribution in [0.1, 0.15) is 41.0 Å². The number of hydrogen-bond donors (Lipinski definition) is 2. The zero-order chi connectivity index (χ0) is 19.4. The lowest BCUT2D eigenvalue weighted by Gasteiger charge is -2.40. The molecule has 5 heteroatoms. The van der Waals surface area contributed by atoms with E-state index in [-0.39, 0.29) is 5.54 Å². The molecule has 26 heavy (non-hydrogen) atoms. The molecule has 1 aromatic carbocycles. The summed E-state index contributed by atoms with van der Waals surface area (Å²) < 4.78 is 5.40. The van der Waals surface area contributed by atoms with Gasteiger partial charge in [-0.2, -0.15) is 0 Å². The normalized spacial score (nSPS) is 14.5. The topological polar surface area (TPSA) is 57.6 Å². The zero-order valence-corrected chi connectivity index (χ0v) is 17.0. The molecule has 0 amide bonds. The molecule has 0 aliphatic heterocycles. The van der Waals surface area contributed by atoms with E-state index in [1.54, 1.807) is 13.3 Å². The van der Waals surface area contributed by atoms with Crippen LogP contribution in [0.2, 0.25) is 0 Å². The molecule has 0 saturated heterocycles. The van der Waals surface area contributed by atoms with Crippen molar-refractivity contribution in [1.82, 2.24) is 9.88 Å². The molecular weight excluding hydrogens is 326 g/mol. The maximum Gasteiger partial charge on any atom is 0.121 e. The van der Waals surface area contributed by atoms with Crippen molar-refractivity contribution in [2.75, 3.05) is 32.1 Å². The van der Waals surface area contributed by atoms with E-state index in [4.69, 9.17) is 4.74 Å². The van der Waals surface area contributed by atoms with E-state index >= 15 is 0 Å². The van der Waals surface area contributed by atoms with Gasteiger partial charge >= 0.3 is 0 Å². The molecule has 1 aromatic heterocycles. The fourth-order valence-electron chi connectivity index (χ4n) is 3.09. The molecule has 1 unspecified atom stereocenters. The van der Waals surface area contributed by atoms with E-state index in [9.17, 15) is 5.11 Å². The van der Waals surface area contributed by atoms with Crippen LogP contribution in [0.5, 0.6) is 5.75 Å². The lowest BCUT2D eigenvalue weighted by molar-refractivity contribution is -0.000496. The van der Waals surface area contributed by atoms with Gasteiger partial charge in [0.2, 0.25) is 0 Å². The Bertz CT molecular complexity index is 723. The Morgan fingerprint density at radius 1 is 1.23 bits per heavy atom. The van der Waals surface area contributed by atoms with Gasteiger partial charge in [-0.25, -0.2) is 0 Å². The number of ether oxygens (including phenoxy) is 1. The van der Waals surface area contributed by atoms with Gasteiger partial charge in [-0.05, 0) is 52.8 Å². The molecule has 0 bridgehead atoms. The van der Waals surface area contributed by atoms with Crippen LogP contribution in [0.4, 0.5) is 5.69 Å². The minimum Gasteiger partial charge on any atom is -0.497 e. The number of β-amino-alcohol motifs (C(OH)–C–C–N with tert-alkyl or cyclic N) is 1. The van der Waals surface area contributed by atoms with Gasteiger partial charge in [0.25, 0.3) is 0 Å². The predicted octanol–water partition coefficient (Wildman–Crippen LogP) is 3.92. The van der Waals surface area contributed by atoms with E-state index in [1.807, 2.05) is 31.2 Å². The van der Waals surface area contributed by atoms with Crippen molar-refractivity contribution in [3.63, 3.8) is 0 Å². The monoisotopic (exact) mass is 359 g/mol. The standard InChI is InChI=1S/C21H33N3O2/c1-7-11-24(20(2,3)4)15-21(5,25)14-23-18-13-17(26-6)12-16-9-8-10-22-19(16)18/h8-10,12-13,23,25H,7,11,14-15H2,1-6H3. The molecule has 0 aliphatic carbocycles. The lowest BCUT2D eigenvalue weighted by atomic mass is 9.99. The van der Waals surface area contributed by atoms with Gasteiger partial charge in [-0.1, -0.05) is 13.0 Å². The minimum absolute atomic E-state index is 0.0181. The second-order valence-electron chi connectivity index (χ2n) is 8.19. The largest absolute Gasteiger partial charge is 0.497 e. The Kier molecular flexibility index (Phi) is 6.48. The Morgan fingerprint density at radius 2 is 1.96 bits per heavy atom. The van der Waals surface area contributed by atoms with Gasteiger partial charge in [-0.15, -0.1) is 0 Å². The summed E-state index contributed by atoms with van der Waals surface area (Å²) in [6, 6.07) is 7.82. The van der Waals surface area contributed by atoms with Gasteiger partial charge in [-0.3, -0.25) is 9.88 Å². The van der Waals surface area contributed by atoms with E-state index < -0.39 is 5.60 Å². The number of aliphatic hydroxyl groups is 1. The third-order valence-corrected chi connectivity index (χ3v) is 4.55. The number of hydrogen-bond acceptors (Lipinski definition) is 5. The third kappa shape index (κ3) is 5.32. The van der Waals surface area contributed by atoms with Crippen LogP contribution in [0.15, 0.2) is 30.5 Å². The maximum absolute atomic E-state index is 11.0. The SMILES string of the molecule is CCCN(CC(C)(O)CNc1cc(OC)cc2cccnc12)C(C)(C)C. The number of benzene rings is 1. The van der Waals surface area contributed by atoms with Gasteiger partial charge < -0.3 is 15.2 Å². The number of nitrogens with zero attached hydrogens (tertiary/aromatic N) is 2. The van der Waals surface area contributed by atoms with Crippen molar-refractivity contribution in [2.24, 2.45) is 0 Å². The second-order valence-corrected chi connectivity index (χ2v) is 8.19. The van der Waals surface area contributed by atoms with Crippen molar-refractivity contribution >= 4 is 16.6 Å². The number of nitrogens with one attached hydrogen (secondary N) is 1. The molecular formula is C21H33N3O2. The van der Waals surface area contributed by atoms with Gasteiger partial charge in [0.15, 0.2) is 0 Å². The first kappa shape index (κ1) is 20.5. The van der Waals surface area contributed by atoms with Crippen molar-refractivity contribution < 1.29 is 9.84 Å². The molecule has 0 spiro atoms. The van der Waals surface area contributed by atoms with E-state index in [2.05, 4.69) is 42.9 Å². The van der Waals surface area contributed by atoms with Crippen LogP contribution in [0, 0.1) is 0 Å². The summed E-state index contributed by atoms with van der Waals surface area (Å²) in [4.78, 5) is 6.81. The van der Waals surface area contributed by atoms with Crippen LogP contribution >= 0.6 is 0 Å². The highest BCUT2D eigenvalue weighted by atomic mass is 16.5. The maximum atomic E-state index is 11.0. The Labute approximate surface area is 157 Å². The van der Waals surface area contributed by atoms with Gasteiger partial charge in [0.05, 0.1) is 23.9 Å². The third-order valence-electron chi connectivity index (χ3n) is 4.55. The number of anilines is 1. The molecule has 0 saturated carbocycles. The Balaban J connectivity index is 2.17. The average molecular weight is 360 g/mol. The van der Waals surface area contributed by atoms with Gasteiger partial charge in [0.1, 0.15) is 5.75 Å². The molecule has 1 atom stereocenters. The highest BCUT2D eigenvalue weighted by Gasteiger charge is 2.29. The average Bonchev–Trinajstić information content (AvgIpc) is 2.58. The van der Waals surface area contributed by atoms with Crippen LogP contribution in [-0.4, -0.2) is 52.9 Å². The number of fused-ring (bicyclic) bond motifs is 1. The summed E-state index contributed by atoms with van der Waals surface area (Å²) in [6.07, 6.45) is 2.84. The first-order valence-electron chi connectivity index (χ1n) is 9.30. The summed E-state index contributed by atoms with van der Waals surface area (Å²) in [5, 5.41) is 15.4. The summed E-state index contributed by atoms with van der Waals surface area (Å²) in [5.74, 6) is 0.773. The fourth-order valence-corrected chi connectivity index (χ4v) is 3.09. The summed E-state index contributed by atoms with van der Waals surface area (Å²) in [5.41, 5.74) is 0.903. The molecule has 2 rings (SSSR count). The summed E-state index contributed by atoms with van der Waals surface area (Å²) in [7, 11) is 1.66. The first-order valence-corrected chi connectivity index (χ1v) is 9.30. The zero-order valence-electron chi connectivity index (χ0n) is 17.0. The molecule has 0 fully saturated rings. The smallest absolute Gasteiger partial charge is 0.121 e. The number of rotatable bonds is 8. The molecule has 144 valence electrons. The Morgan fingerprint density at radius 3 is 2.58 bits per heavy atom. The highest BCUT2D eigenvalue weighted by Crippen LogP contribution is 2.28. The quantitative estimate of drug-likeness (QED) is 0.748. The number of pyridine rings is 1. The van der Waals surface area contributed by atoms with Crippen molar-refractivity contribution in [3.8, 4) is 5.75 Å². The summed E-state index contributed by atoms with van der Waals surface area (Å²) in [6.45, 7) is 12.6. The Hall–Kier alpha value is -1.85. The van der Waals surface area contributed by atoms with Crippen LogP contribution in [0.25, 0.3) is 10.9 Å². The summed E-state index contributed by atoms with van der Waals surface area (Å²) >= 11 is 0. The predicted molar refractivity (Wildman–Crippen MR) is 109 cm³/mol. The first-order chi connectivity index (χ1) is 12.2. The van der Waals surface area contributed by atoms with E-state index in [0.29, 0.717) is 13.1 Å². The molecule has 0 aliphatic rings. The van der Waals surface area contributed by atoms with E-state index in [1.165, 1.54) is 0 Å². The van der Waals surface area contributed by atoms with Crippen LogP contribution in [0.3, 0.4) is 0 Å². The number of methoxy groups -OCH3 is 1. The minimum atomic E-state index is -0.868. The van der Waals surface area contributed by atoms with Crippen LogP contribution in [-0.2, 0) is 0 Å². The van der Waals surface area contributed by atoms with Crippen molar-refractivity contribution in [1.29, 1.82) is 0 Å². The fraction of sp³-hybridized carbons (Fsp3) is 0.571. The van der Waals surface area contributed by atoms with Gasteiger partial charge in [0, 0.05) is 36.3 Å². The van der Waals surface area contributed by atoms with Crippen LogP contribution < -0.4 is 10.1 Å². The molecule has 0 radical (unpaired) electrons. The molecule has 2 N–H and O–H groups in total. The van der Waals surface area contributed by atoms with E-state index in [0.717, 1.165) is 35.3 Å². The highest BCUT2D eigenvalue weighted by molar-refractivity contribution is 5.91. The molecule has 1 heterocycles. The van der Waals surface area contributed by atoms with Crippen molar-refractivity contribution in [3.05, 3.63) is 30.5 Å². The number of aromatic nitrogens is 1. The molecule has 5 nitrogen and oxygen atoms in total. The lowest BCUT2D eigenvalue weighted by Crippen LogP contribution is -2.52. The molecule has 2 aromatic rings.